The fraction of sp³-hybridized carbons (Fsp3) is 1.00. The Hall–Kier alpha value is -0.290. The fourth-order valence-corrected chi connectivity index (χ4v) is 1.18. The van der Waals surface area contributed by atoms with Crippen LogP contribution in [-0.4, -0.2) is 25.8 Å². The first kappa shape index (κ1) is 8.80. The van der Waals surface area contributed by atoms with E-state index in [4.69, 9.17) is 5.73 Å². The quantitative estimate of drug-likeness (QED) is 0.607. The van der Waals surface area contributed by atoms with E-state index in [2.05, 4.69) is 5.32 Å². The van der Waals surface area contributed by atoms with Gasteiger partial charge in [-0.05, 0) is 6.42 Å². The Morgan fingerprint density at radius 3 is 2.27 bits per heavy atom. The minimum Gasteiger partial charge on any atom is -0.330 e. The molecule has 1 aliphatic heterocycles. The third kappa shape index (κ3) is 1.35. The summed E-state index contributed by atoms with van der Waals surface area (Å²) in [6.45, 7) is -0.219. The lowest BCUT2D eigenvalue weighted by atomic mass is 9.87. The Morgan fingerprint density at radius 1 is 1.45 bits per heavy atom. The summed E-state index contributed by atoms with van der Waals surface area (Å²) in [6.07, 6.45) is -4.14. The van der Waals surface area contributed by atoms with Crippen LogP contribution in [0.2, 0.25) is 0 Å². The summed E-state index contributed by atoms with van der Waals surface area (Å²) in [6, 6.07) is 0. The molecule has 0 aromatic heterocycles. The summed E-state index contributed by atoms with van der Waals surface area (Å²) in [5.41, 5.74) is 3.36. The van der Waals surface area contributed by atoms with E-state index in [9.17, 15) is 13.2 Å². The van der Waals surface area contributed by atoms with Gasteiger partial charge in [-0.1, -0.05) is 0 Å². The lowest BCUT2D eigenvalue weighted by Gasteiger charge is -2.28. The molecule has 0 aliphatic carbocycles. The van der Waals surface area contributed by atoms with Crippen LogP contribution >= 0.6 is 0 Å². The summed E-state index contributed by atoms with van der Waals surface area (Å²) in [5, 5.41) is 3.67. The van der Waals surface area contributed by atoms with Crippen LogP contribution in [0.4, 0.5) is 13.2 Å². The van der Waals surface area contributed by atoms with Crippen molar-refractivity contribution in [1.82, 2.24) is 5.32 Å². The molecule has 65 valence electrons. The van der Waals surface area contributed by atoms with Gasteiger partial charge in [-0.25, -0.2) is 5.32 Å². The van der Waals surface area contributed by atoms with Crippen LogP contribution in [0.1, 0.15) is 6.42 Å². The van der Waals surface area contributed by atoms with Crippen molar-refractivity contribution in [1.29, 1.82) is 0 Å². The lowest BCUT2D eigenvalue weighted by Crippen LogP contribution is -2.45. The standard InChI is InChI=1S/C6H10F3N2/c7-6(8,9)5(3-10)1-2-11-4-5/h1-4,10H2. The van der Waals surface area contributed by atoms with Gasteiger partial charge in [0.1, 0.15) is 0 Å². The second-order valence-electron chi connectivity index (χ2n) is 2.84. The van der Waals surface area contributed by atoms with Crippen LogP contribution in [-0.2, 0) is 0 Å². The smallest absolute Gasteiger partial charge is 0.330 e. The van der Waals surface area contributed by atoms with Crippen LogP contribution < -0.4 is 11.1 Å². The molecular formula is C6H10F3N2. The topological polar surface area (TPSA) is 40.1 Å². The van der Waals surface area contributed by atoms with E-state index in [-0.39, 0.29) is 26.1 Å². The van der Waals surface area contributed by atoms with Crippen molar-refractivity contribution in [2.24, 2.45) is 11.1 Å². The van der Waals surface area contributed by atoms with E-state index in [1.165, 1.54) is 0 Å². The molecule has 1 aliphatic rings. The Kier molecular flexibility index (Phi) is 2.11. The van der Waals surface area contributed by atoms with Gasteiger partial charge in [0.2, 0.25) is 0 Å². The molecule has 0 saturated carbocycles. The third-order valence-electron chi connectivity index (χ3n) is 2.16. The Balaban J connectivity index is 2.75. The minimum absolute atomic E-state index is 0.0486. The first-order chi connectivity index (χ1) is 5.02. The molecule has 1 saturated heterocycles. The van der Waals surface area contributed by atoms with Crippen LogP contribution in [0.3, 0.4) is 0 Å². The molecular weight excluding hydrogens is 157 g/mol. The van der Waals surface area contributed by atoms with Crippen LogP contribution in [0.25, 0.3) is 0 Å². The van der Waals surface area contributed by atoms with Gasteiger partial charge in [0.15, 0.2) is 0 Å². The minimum atomic E-state index is -4.19. The van der Waals surface area contributed by atoms with Crippen molar-refractivity contribution in [2.45, 2.75) is 12.6 Å². The predicted molar refractivity (Wildman–Crippen MR) is 34.0 cm³/mol. The molecule has 5 heteroatoms. The summed E-state index contributed by atoms with van der Waals surface area (Å²) in [7, 11) is 0. The summed E-state index contributed by atoms with van der Waals surface area (Å²) in [5.74, 6) is 0. The van der Waals surface area contributed by atoms with Crippen LogP contribution in [0.15, 0.2) is 0 Å². The first-order valence-corrected chi connectivity index (χ1v) is 3.42. The predicted octanol–water partition coefficient (Wildman–Crippen LogP) is 0.502. The normalized spacial score (nSPS) is 32.7. The van der Waals surface area contributed by atoms with E-state index in [0.717, 1.165) is 0 Å². The zero-order valence-electron chi connectivity index (χ0n) is 5.99. The summed E-state index contributed by atoms with van der Waals surface area (Å²) in [4.78, 5) is 0. The number of nitrogens with zero attached hydrogens (tertiary/aromatic N) is 1. The van der Waals surface area contributed by atoms with Gasteiger partial charge in [-0.2, -0.15) is 13.2 Å². The molecule has 11 heavy (non-hydrogen) atoms. The first-order valence-electron chi connectivity index (χ1n) is 3.42. The SMILES string of the molecule is NCC1(C(F)(F)F)CC[N]C1. The van der Waals surface area contributed by atoms with Crippen molar-refractivity contribution < 1.29 is 13.2 Å². The number of alkyl halides is 3. The second kappa shape index (κ2) is 2.64. The second-order valence-corrected chi connectivity index (χ2v) is 2.84. The highest BCUT2D eigenvalue weighted by atomic mass is 19.4. The molecule has 1 unspecified atom stereocenters. The van der Waals surface area contributed by atoms with Crippen LogP contribution in [0, 0.1) is 5.41 Å². The third-order valence-corrected chi connectivity index (χ3v) is 2.16. The highest BCUT2D eigenvalue weighted by molar-refractivity contribution is 4.94. The molecule has 1 rings (SSSR count). The van der Waals surface area contributed by atoms with Gasteiger partial charge in [-0.3, -0.25) is 0 Å². The summed E-state index contributed by atoms with van der Waals surface area (Å²) < 4.78 is 36.8. The molecule has 2 N–H and O–H groups in total. The van der Waals surface area contributed by atoms with E-state index >= 15 is 0 Å². The van der Waals surface area contributed by atoms with Gasteiger partial charge in [-0.15, -0.1) is 0 Å². The Morgan fingerprint density at radius 2 is 2.09 bits per heavy atom. The maximum Gasteiger partial charge on any atom is 0.397 e. The number of rotatable bonds is 1. The van der Waals surface area contributed by atoms with E-state index in [1.54, 1.807) is 0 Å². The van der Waals surface area contributed by atoms with Crippen molar-refractivity contribution in [2.75, 3.05) is 19.6 Å². The van der Waals surface area contributed by atoms with E-state index in [1.807, 2.05) is 0 Å². The Bertz CT molecular complexity index is 137. The monoisotopic (exact) mass is 167 g/mol. The van der Waals surface area contributed by atoms with Crippen molar-refractivity contribution >= 4 is 0 Å². The van der Waals surface area contributed by atoms with Crippen LogP contribution in [0.5, 0.6) is 0 Å². The van der Waals surface area contributed by atoms with Crippen molar-refractivity contribution in [3.8, 4) is 0 Å². The number of halogens is 3. The van der Waals surface area contributed by atoms with Gasteiger partial charge >= 0.3 is 6.18 Å². The maximum atomic E-state index is 12.3. The van der Waals surface area contributed by atoms with Crippen molar-refractivity contribution in [3.05, 3.63) is 0 Å². The molecule has 1 fully saturated rings. The van der Waals surface area contributed by atoms with Gasteiger partial charge < -0.3 is 5.73 Å². The molecule has 0 spiro atoms. The zero-order valence-corrected chi connectivity index (χ0v) is 5.99. The summed E-state index contributed by atoms with van der Waals surface area (Å²) >= 11 is 0. The van der Waals surface area contributed by atoms with Gasteiger partial charge in [0, 0.05) is 19.6 Å². The number of hydrogen-bond acceptors (Lipinski definition) is 1. The molecule has 1 heterocycles. The number of hydrogen-bond donors (Lipinski definition) is 1. The Labute approximate surface area is 62.9 Å². The molecule has 0 bridgehead atoms. The van der Waals surface area contributed by atoms with Gasteiger partial charge in [0.05, 0.1) is 5.41 Å². The molecule has 2 nitrogen and oxygen atoms in total. The van der Waals surface area contributed by atoms with Gasteiger partial charge in [0.25, 0.3) is 0 Å². The average molecular weight is 167 g/mol. The zero-order chi connectivity index (χ0) is 8.54. The highest BCUT2D eigenvalue weighted by Gasteiger charge is 2.55. The molecule has 1 atom stereocenters. The molecule has 0 amide bonds. The van der Waals surface area contributed by atoms with E-state index < -0.39 is 11.6 Å². The van der Waals surface area contributed by atoms with E-state index in [0.29, 0.717) is 0 Å². The van der Waals surface area contributed by atoms with Crippen molar-refractivity contribution in [3.63, 3.8) is 0 Å². The molecule has 0 aromatic carbocycles. The average Bonchev–Trinajstić information content (AvgIpc) is 2.33. The molecule has 1 radical (unpaired) electrons. The maximum absolute atomic E-state index is 12.3. The molecule has 0 aromatic rings. The largest absolute Gasteiger partial charge is 0.397 e. The lowest BCUT2D eigenvalue weighted by molar-refractivity contribution is -0.213. The highest BCUT2D eigenvalue weighted by Crippen LogP contribution is 2.42. The fourth-order valence-electron chi connectivity index (χ4n) is 1.18. The number of nitrogens with two attached hydrogens (primary N) is 1.